The highest BCUT2D eigenvalue weighted by Crippen LogP contribution is 2.75. The van der Waals surface area contributed by atoms with Gasteiger partial charge in [0.1, 0.15) is 0 Å². The van der Waals surface area contributed by atoms with Gasteiger partial charge in [0.25, 0.3) is 0 Å². The van der Waals surface area contributed by atoms with Crippen LogP contribution in [0.15, 0.2) is 23.8 Å². The third-order valence-corrected chi connectivity index (χ3v) is 9.63. The lowest BCUT2D eigenvalue weighted by Crippen LogP contribution is -2.46. The van der Waals surface area contributed by atoms with E-state index in [0.29, 0.717) is 5.41 Å². The van der Waals surface area contributed by atoms with Crippen LogP contribution in [0.1, 0.15) is 77.0 Å². The van der Waals surface area contributed by atoms with Gasteiger partial charge in [-0.25, -0.2) is 0 Å². The van der Waals surface area contributed by atoms with E-state index in [2.05, 4.69) is 18.2 Å². The Morgan fingerprint density at radius 2 is 1.67 bits per heavy atom. The Labute approximate surface area is 148 Å². The van der Waals surface area contributed by atoms with Gasteiger partial charge in [-0.15, -0.1) is 0 Å². The third-order valence-electron chi connectivity index (χ3n) is 9.63. The van der Waals surface area contributed by atoms with E-state index in [1.165, 1.54) is 51.4 Å². The summed E-state index contributed by atoms with van der Waals surface area (Å²) in [5, 5.41) is 0. The second kappa shape index (κ2) is 5.24. The smallest absolute Gasteiger partial charge is 0.00258 e. The van der Waals surface area contributed by atoms with Crippen molar-refractivity contribution < 1.29 is 0 Å². The van der Waals surface area contributed by atoms with E-state index < -0.39 is 0 Å². The van der Waals surface area contributed by atoms with Gasteiger partial charge in [-0.3, -0.25) is 0 Å². The predicted octanol–water partition coefficient (Wildman–Crippen LogP) is 6.53. The molecule has 0 aromatic rings. The first-order chi connectivity index (χ1) is 11.9. The Kier molecular flexibility index (Phi) is 3.20. The molecule has 0 aromatic carbocycles. The van der Waals surface area contributed by atoms with Crippen LogP contribution >= 0.6 is 0 Å². The van der Waals surface area contributed by atoms with E-state index in [9.17, 15) is 0 Å². The monoisotopic (exact) mass is 322 g/mol. The fourth-order valence-corrected chi connectivity index (χ4v) is 9.11. The Morgan fingerprint density at radius 1 is 0.833 bits per heavy atom. The molecule has 0 N–H and O–H groups in total. The molecule has 4 fully saturated rings. The van der Waals surface area contributed by atoms with Crippen LogP contribution in [0.25, 0.3) is 0 Å². The van der Waals surface area contributed by atoms with Crippen molar-refractivity contribution in [2.24, 2.45) is 46.8 Å². The summed E-state index contributed by atoms with van der Waals surface area (Å²) in [6.45, 7) is 0. The molecule has 0 aromatic heterocycles. The van der Waals surface area contributed by atoms with Gasteiger partial charge in [0.15, 0.2) is 0 Å². The first kappa shape index (κ1) is 14.6. The lowest BCUT2D eigenvalue weighted by molar-refractivity contribution is 0.0177. The van der Waals surface area contributed by atoms with Gasteiger partial charge in [-0.05, 0) is 105 Å². The van der Waals surface area contributed by atoms with Crippen molar-refractivity contribution >= 4 is 0 Å². The summed E-state index contributed by atoms with van der Waals surface area (Å²) in [5.41, 5.74) is 2.66. The van der Waals surface area contributed by atoms with Crippen molar-refractivity contribution in [1.29, 1.82) is 0 Å². The minimum atomic E-state index is 0.672. The second-order valence-corrected chi connectivity index (χ2v) is 10.3. The molecule has 4 saturated carbocycles. The molecule has 4 bridgehead atoms. The summed E-state index contributed by atoms with van der Waals surface area (Å²) in [6.07, 6.45) is 26.2. The van der Waals surface area contributed by atoms with E-state index in [1.54, 1.807) is 25.7 Å². The van der Waals surface area contributed by atoms with Crippen LogP contribution in [-0.4, -0.2) is 0 Å². The van der Waals surface area contributed by atoms with Crippen LogP contribution in [0.3, 0.4) is 0 Å². The summed E-state index contributed by atoms with van der Waals surface area (Å²) in [6, 6.07) is 0. The molecule has 6 aliphatic carbocycles. The summed E-state index contributed by atoms with van der Waals surface area (Å²) in [4.78, 5) is 0. The van der Waals surface area contributed by atoms with Gasteiger partial charge >= 0.3 is 0 Å². The van der Waals surface area contributed by atoms with Crippen LogP contribution in [0, 0.1) is 46.8 Å². The zero-order valence-corrected chi connectivity index (χ0v) is 15.3. The lowest BCUT2D eigenvalue weighted by Gasteiger charge is -2.53. The fraction of sp³-hybridized carbons (Fsp3) is 0.833. The van der Waals surface area contributed by atoms with Crippen molar-refractivity contribution in [3.05, 3.63) is 23.8 Å². The summed E-state index contributed by atoms with van der Waals surface area (Å²) in [7, 11) is 0. The topological polar surface area (TPSA) is 0 Å². The molecule has 130 valence electrons. The highest BCUT2D eigenvalue weighted by molar-refractivity contribution is 5.31. The summed E-state index contributed by atoms with van der Waals surface area (Å²) >= 11 is 0. The molecule has 0 amide bonds. The minimum Gasteiger partial charge on any atom is -0.0848 e. The van der Waals surface area contributed by atoms with Gasteiger partial charge < -0.3 is 0 Å². The number of hydrogen-bond acceptors (Lipinski definition) is 0. The average molecular weight is 323 g/mol. The van der Waals surface area contributed by atoms with Crippen molar-refractivity contribution in [3.8, 4) is 0 Å². The molecule has 0 radical (unpaired) electrons. The largest absolute Gasteiger partial charge is 0.0848 e. The van der Waals surface area contributed by atoms with Crippen LogP contribution < -0.4 is 0 Å². The maximum Gasteiger partial charge on any atom is -0.00258 e. The maximum atomic E-state index is 2.76. The molecule has 0 heteroatoms. The van der Waals surface area contributed by atoms with Gasteiger partial charge in [0.2, 0.25) is 0 Å². The lowest BCUT2D eigenvalue weighted by atomic mass is 9.51. The molecule has 0 heterocycles. The first-order valence-corrected chi connectivity index (χ1v) is 11.3. The van der Waals surface area contributed by atoms with Crippen molar-refractivity contribution in [1.82, 2.24) is 0 Å². The standard InChI is InChI=1S/C24H34/c1-3-7-19(8-4-1)24(20-9-5-2-6-10-20)15-18-14-21(24)23-17-12-11-16(13-17)22(18)23/h7,11-12,16-18,20-23H,1-6,8-10,13-15H2. The molecule has 6 aliphatic rings. The van der Waals surface area contributed by atoms with Crippen molar-refractivity contribution in [2.45, 2.75) is 77.0 Å². The third kappa shape index (κ3) is 1.76. The molecule has 24 heavy (non-hydrogen) atoms. The van der Waals surface area contributed by atoms with Crippen molar-refractivity contribution in [2.75, 3.05) is 0 Å². The maximum absolute atomic E-state index is 2.76. The number of rotatable bonds is 2. The predicted molar refractivity (Wildman–Crippen MR) is 99.5 cm³/mol. The van der Waals surface area contributed by atoms with E-state index in [1.807, 2.05) is 5.57 Å². The Morgan fingerprint density at radius 3 is 2.46 bits per heavy atom. The Hall–Kier alpha value is -0.520. The quantitative estimate of drug-likeness (QED) is 0.400. The van der Waals surface area contributed by atoms with E-state index in [0.717, 1.165) is 41.4 Å². The van der Waals surface area contributed by atoms with Gasteiger partial charge in [-0.1, -0.05) is 43.1 Å². The normalized spacial score (nSPS) is 52.8. The summed E-state index contributed by atoms with van der Waals surface area (Å²) in [5.74, 6) is 7.36. The zero-order valence-electron chi connectivity index (χ0n) is 15.3. The molecule has 7 atom stereocenters. The molecule has 0 spiro atoms. The molecule has 0 nitrogen and oxygen atoms in total. The number of fused-ring (bicyclic) bond motifs is 9. The van der Waals surface area contributed by atoms with Crippen LogP contribution in [-0.2, 0) is 0 Å². The number of allylic oxidation sites excluding steroid dienone is 4. The highest BCUT2D eigenvalue weighted by atomic mass is 14.7. The molecular weight excluding hydrogens is 288 g/mol. The SMILES string of the molecule is C1=CC2CC1C1C3CC(C21)C(C1=CCCCC1)(C1CCCCC1)C3. The Balaban J connectivity index is 1.42. The van der Waals surface area contributed by atoms with E-state index >= 15 is 0 Å². The Bertz CT molecular complexity index is 577. The molecule has 6 rings (SSSR count). The van der Waals surface area contributed by atoms with Gasteiger partial charge in [-0.2, -0.15) is 0 Å². The minimum absolute atomic E-state index is 0.672. The van der Waals surface area contributed by atoms with E-state index in [4.69, 9.17) is 0 Å². The van der Waals surface area contributed by atoms with Crippen LogP contribution in [0.4, 0.5) is 0 Å². The molecule has 0 aliphatic heterocycles. The molecule has 0 saturated heterocycles. The fourth-order valence-electron chi connectivity index (χ4n) is 9.11. The highest BCUT2D eigenvalue weighted by Gasteiger charge is 2.67. The molecular formula is C24H34. The van der Waals surface area contributed by atoms with Crippen LogP contribution in [0.5, 0.6) is 0 Å². The second-order valence-electron chi connectivity index (χ2n) is 10.3. The van der Waals surface area contributed by atoms with Crippen LogP contribution in [0.2, 0.25) is 0 Å². The molecule has 7 unspecified atom stereocenters. The zero-order chi connectivity index (χ0) is 15.7. The average Bonchev–Trinajstić information content (AvgIpc) is 3.41. The van der Waals surface area contributed by atoms with Gasteiger partial charge in [0.05, 0.1) is 0 Å². The van der Waals surface area contributed by atoms with Gasteiger partial charge in [0, 0.05) is 0 Å². The number of hydrogen-bond donors (Lipinski definition) is 0. The van der Waals surface area contributed by atoms with E-state index in [-0.39, 0.29) is 0 Å². The van der Waals surface area contributed by atoms with Crippen molar-refractivity contribution in [3.63, 3.8) is 0 Å². The summed E-state index contributed by atoms with van der Waals surface area (Å²) < 4.78 is 0. The first-order valence-electron chi connectivity index (χ1n) is 11.3.